The monoisotopic (exact) mass is 249 g/mol. The van der Waals surface area contributed by atoms with Crippen molar-refractivity contribution in [3.63, 3.8) is 0 Å². The van der Waals surface area contributed by atoms with Crippen LogP contribution in [0.15, 0.2) is 29.4 Å². The third-order valence-electron chi connectivity index (χ3n) is 3.41. The lowest BCUT2D eigenvalue weighted by Gasteiger charge is -2.34. The van der Waals surface area contributed by atoms with E-state index < -0.39 is 0 Å². The molecule has 18 heavy (non-hydrogen) atoms. The van der Waals surface area contributed by atoms with Crippen molar-refractivity contribution in [1.29, 1.82) is 0 Å². The summed E-state index contributed by atoms with van der Waals surface area (Å²) in [6.45, 7) is 1.58. The van der Waals surface area contributed by atoms with Gasteiger partial charge in [-0.15, -0.1) is 0 Å². The topological polar surface area (TPSA) is 71.1 Å². The minimum atomic E-state index is 0.143. The summed E-state index contributed by atoms with van der Waals surface area (Å²) < 4.78 is 5.37. The Kier molecular flexibility index (Phi) is 4.04. The van der Waals surface area contributed by atoms with Gasteiger partial charge in [-0.1, -0.05) is 17.3 Å². The summed E-state index contributed by atoms with van der Waals surface area (Å²) in [6, 6.07) is 8.13. The van der Waals surface area contributed by atoms with E-state index in [0.717, 1.165) is 37.3 Å². The number of hydrogen-bond acceptors (Lipinski definition) is 4. The maximum atomic E-state index is 8.83. The van der Waals surface area contributed by atoms with Crippen LogP contribution in [-0.4, -0.2) is 37.3 Å². The van der Waals surface area contributed by atoms with E-state index in [-0.39, 0.29) is 5.84 Å². The van der Waals surface area contributed by atoms with E-state index in [9.17, 15) is 0 Å². The van der Waals surface area contributed by atoms with Crippen LogP contribution in [0.3, 0.4) is 0 Å². The zero-order chi connectivity index (χ0) is 13.0. The molecule has 5 nitrogen and oxygen atoms in total. The van der Waals surface area contributed by atoms with Gasteiger partial charge in [0.15, 0.2) is 5.84 Å². The molecule has 1 aliphatic rings. The molecule has 1 aromatic rings. The molecule has 0 spiro atoms. The van der Waals surface area contributed by atoms with E-state index in [1.807, 2.05) is 31.3 Å². The first-order valence-corrected chi connectivity index (χ1v) is 6.11. The van der Waals surface area contributed by atoms with Crippen molar-refractivity contribution < 1.29 is 9.94 Å². The fourth-order valence-corrected chi connectivity index (χ4v) is 2.32. The van der Waals surface area contributed by atoms with Crippen LogP contribution < -0.4 is 10.6 Å². The van der Waals surface area contributed by atoms with Crippen LogP contribution in [0.1, 0.15) is 18.4 Å². The van der Waals surface area contributed by atoms with E-state index in [1.165, 1.54) is 0 Å². The zero-order valence-corrected chi connectivity index (χ0v) is 10.5. The zero-order valence-electron chi connectivity index (χ0n) is 10.5. The molecule has 0 atom stereocenters. The molecule has 1 aliphatic heterocycles. The van der Waals surface area contributed by atoms with Gasteiger partial charge in [-0.3, -0.25) is 0 Å². The van der Waals surface area contributed by atoms with Gasteiger partial charge in [0.05, 0.1) is 0 Å². The maximum absolute atomic E-state index is 8.83. The summed E-state index contributed by atoms with van der Waals surface area (Å²) in [7, 11) is 2.04. The van der Waals surface area contributed by atoms with E-state index in [2.05, 4.69) is 10.1 Å². The van der Waals surface area contributed by atoms with Crippen LogP contribution in [0.25, 0.3) is 0 Å². The molecule has 3 N–H and O–H groups in total. The van der Waals surface area contributed by atoms with Gasteiger partial charge in [0, 0.05) is 37.6 Å². The highest BCUT2D eigenvalue weighted by molar-refractivity contribution is 6.02. The maximum Gasteiger partial charge on any atom is 0.172 e. The van der Waals surface area contributed by atoms with Crippen molar-refractivity contribution in [3.05, 3.63) is 29.8 Å². The first-order chi connectivity index (χ1) is 8.74. The van der Waals surface area contributed by atoms with Crippen molar-refractivity contribution >= 4 is 11.5 Å². The second-order valence-electron chi connectivity index (χ2n) is 4.46. The predicted molar refractivity (Wildman–Crippen MR) is 71.2 cm³/mol. The van der Waals surface area contributed by atoms with Crippen molar-refractivity contribution in [3.8, 4) is 0 Å². The highest BCUT2D eigenvalue weighted by Gasteiger charge is 2.21. The molecule has 98 valence electrons. The summed E-state index contributed by atoms with van der Waals surface area (Å²) in [5.41, 5.74) is 7.46. The lowest BCUT2D eigenvalue weighted by atomic mass is 10.0. The summed E-state index contributed by atoms with van der Waals surface area (Å²) in [5, 5.41) is 11.9. The normalized spacial score (nSPS) is 17.7. The van der Waals surface area contributed by atoms with Crippen molar-refractivity contribution in [2.75, 3.05) is 25.2 Å². The van der Waals surface area contributed by atoms with Crippen LogP contribution in [-0.2, 0) is 4.74 Å². The molecular weight excluding hydrogens is 230 g/mol. The Morgan fingerprint density at radius 3 is 2.72 bits per heavy atom. The van der Waals surface area contributed by atoms with Gasteiger partial charge in [0.1, 0.15) is 0 Å². The van der Waals surface area contributed by atoms with Gasteiger partial charge >= 0.3 is 0 Å². The average molecular weight is 249 g/mol. The molecule has 0 aliphatic carbocycles. The Balaban J connectivity index is 2.26. The van der Waals surface area contributed by atoms with Crippen LogP contribution in [0.2, 0.25) is 0 Å². The average Bonchev–Trinajstić information content (AvgIpc) is 2.46. The Hall–Kier alpha value is -1.75. The van der Waals surface area contributed by atoms with Crippen molar-refractivity contribution in [1.82, 2.24) is 0 Å². The van der Waals surface area contributed by atoms with Crippen LogP contribution >= 0.6 is 0 Å². The second-order valence-corrected chi connectivity index (χ2v) is 4.46. The van der Waals surface area contributed by atoms with E-state index in [0.29, 0.717) is 6.04 Å². The third kappa shape index (κ3) is 2.56. The molecule has 0 radical (unpaired) electrons. The smallest absolute Gasteiger partial charge is 0.172 e. The third-order valence-corrected chi connectivity index (χ3v) is 3.41. The lowest BCUT2D eigenvalue weighted by Crippen LogP contribution is -2.37. The molecular formula is C13H19N3O2. The molecule has 2 rings (SSSR count). The van der Waals surface area contributed by atoms with Crippen molar-refractivity contribution in [2.24, 2.45) is 10.9 Å². The van der Waals surface area contributed by atoms with Gasteiger partial charge in [-0.2, -0.15) is 0 Å². The van der Waals surface area contributed by atoms with Gasteiger partial charge in [-0.25, -0.2) is 0 Å². The molecule has 1 aromatic carbocycles. The Bertz CT molecular complexity index is 428. The molecule has 1 saturated heterocycles. The largest absolute Gasteiger partial charge is 0.409 e. The minimum absolute atomic E-state index is 0.143. The number of para-hydroxylation sites is 1. The van der Waals surface area contributed by atoms with E-state index in [1.54, 1.807) is 0 Å². The molecule has 0 aromatic heterocycles. The molecule has 0 saturated carbocycles. The minimum Gasteiger partial charge on any atom is -0.409 e. The van der Waals surface area contributed by atoms with Crippen LogP contribution in [0.5, 0.6) is 0 Å². The number of oxime groups is 1. The quantitative estimate of drug-likeness (QED) is 0.367. The lowest BCUT2D eigenvalue weighted by molar-refractivity contribution is 0.0855. The van der Waals surface area contributed by atoms with Crippen LogP contribution in [0, 0.1) is 0 Å². The SMILES string of the molecule is CN(c1ccccc1/C(N)=N/O)C1CCOCC1. The van der Waals surface area contributed by atoms with E-state index in [4.69, 9.17) is 15.7 Å². The van der Waals surface area contributed by atoms with Crippen LogP contribution in [0.4, 0.5) is 5.69 Å². The fraction of sp³-hybridized carbons (Fsp3) is 0.462. The molecule has 5 heteroatoms. The highest BCUT2D eigenvalue weighted by atomic mass is 16.5. The second kappa shape index (κ2) is 5.73. The molecule has 1 fully saturated rings. The summed E-state index contributed by atoms with van der Waals surface area (Å²) in [4.78, 5) is 2.19. The molecule has 0 amide bonds. The Morgan fingerprint density at radius 1 is 1.39 bits per heavy atom. The number of nitrogens with zero attached hydrogens (tertiary/aromatic N) is 2. The van der Waals surface area contributed by atoms with Gasteiger partial charge in [0.25, 0.3) is 0 Å². The van der Waals surface area contributed by atoms with Gasteiger partial charge in [-0.05, 0) is 25.0 Å². The number of nitrogens with two attached hydrogens (primary N) is 1. The van der Waals surface area contributed by atoms with Gasteiger partial charge < -0.3 is 20.6 Å². The molecule has 0 unspecified atom stereocenters. The predicted octanol–water partition coefficient (Wildman–Crippen LogP) is 1.40. The number of rotatable bonds is 3. The Morgan fingerprint density at radius 2 is 2.06 bits per heavy atom. The highest BCUT2D eigenvalue weighted by Crippen LogP contribution is 2.24. The molecule has 0 bridgehead atoms. The van der Waals surface area contributed by atoms with Gasteiger partial charge in [0.2, 0.25) is 0 Å². The summed E-state index contributed by atoms with van der Waals surface area (Å²) >= 11 is 0. The number of anilines is 1. The molecule has 1 heterocycles. The van der Waals surface area contributed by atoms with Crippen molar-refractivity contribution in [2.45, 2.75) is 18.9 Å². The number of amidine groups is 1. The first-order valence-electron chi connectivity index (χ1n) is 6.11. The number of hydrogen-bond donors (Lipinski definition) is 2. The first kappa shape index (κ1) is 12.7. The van der Waals surface area contributed by atoms with E-state index >= 15 is 0 Å². The fourth-order valence-electron chi connectivity index (χ4n) is 2.32. The number of benzene rings is 1. The summed E-state index contributed by atoms with van der Waals surface area (Å²) in [6.07, 6.45) is 2.00. The summed E-state index contributed by atoms with van der Waals surface area (Å²) in [5.74, 6) is 0.143. The standard InChI is InChI=1S/C13H19N3O2/c1-16(10-6-8-18-9-7-10)12-5-3-2-4-11(12)13(14)15-17/h2-5,10,17H,6-9H2,1H3,(H2,14,15). The Labute approximate surface area is 107 Å². The number of ether oxygens (including phenoxy) is 1.